The Morgan fingerprint density at radius 2 is 2.00 bits per heavy atom. The summed E-state index contributed by atoms with van der Waals surface area (Å²) < 4.78 is 26.9. The molecular weight excluding hydrogens is 246 g/mol. The lowest BCUT2D eigenvalue weighted by Crippen LogP contribution is -2.46. The van der Waals surface area contributed by atoms with Gasteiger partial charge in [0.2, 0.25) is 0 Å². The third-order valence-corrected chi connectivity index (χ3v) is 3.69. The zero-order valence-corrected chi connectivity index (χ0v) is 11.8. The van der Waals surface area contributed by atoms with Crippen molar-refractivity contribution in [3.63, 3.8) is 0 Å². The molecule has 19 heavy (non-hydrogen) atoms. The Kier molecular flexibility index (Phi) is 4.09. The summed E-state index contributed by atoms with van der Waals surface area (Å²) in [6.45, 7) is 9.00. The molecule has 0 bridgehead atoms. The summed E-state index contributed by atoms with van der Waals surface area (Å²) in [6.07, 6.45) is 0.962. The van der Waals surface area contributed by atoms with E-state index in [1.807, 2.05) is 4.90 Å². The largest absolute Gasteiger partial charge is 0.368 e. The Morgan fingerprint density at radius 1 is 1.26 bits per heavy atom. The molecule has 1 saturated heterocycles. The van der Waals surface area contributed by atoms with Gasteiger partial charge in [0.15, 0.2) is 0 Å². The van der Waals surface area contributed by atoms with Crippen LogP contribution in [0.5, 0.6) is 0 Å². The van der Waals surface area contributed by atoms with Crippen molar-refractivity contribution in [3.05, 3.63) is 29.8 Å². The highest BCUT2D eigenvalue weighted by molar-refractivity contribution is 5.48. The second-order valence-corrected chi connectivity index (χ2v) is 6.27. The van der Waals surface area contributed by atoms with E-state index < -0.39 is 11.6 Å². The molecule has 0 aliphatic carbocycles. The molecular formula is C15H22F2N2. The molecule has 2 rings (SSSR count). The lowest BCUT2D eigenvalue weighted by atomic mass is 9.86. The molecule has 1 aliphatic heterocycles. The van der Waals surface area contributed by atoms with Crippen LogP contribution in [0.2, 0.25) is 0 Å². The van der Waals surface area contributed by atoms with Gasteiger partial charge in [0.05, 0.1) is 5.69 Å². The fourth-order valence-electron chi connectivity index (χ4n) is 2.46. The third-order valence-electron chi connectivity index (χ3n) is 3.69. The van der Waals surface area contributed by atoms with Crippen molar-refractivity contribution >= 4 is 5.69 Å². The van der Waals surface area contributed by atoms with Crippen molar-refractivity contribution in [2.75, 3.05) is 24.5 Å². The topological polar surface area (TPSA) is 15.3 Å². The Bertz CT molecular complexity index is 440. The molecule has 1 N–H and O–H groups in total. The molecule has 0 aromatic heterocycles. The minimum Gasteiger partial charge on any atom is -0.368 e. The molecule has 1 heterocycles. The summed E-state index contributed by atoms with van der Waals surface area (Å²) in [5.74, 6) is -1.00. The molecule has 1 fully saturated rings. The van der Waals surface area contributed by atoms with Crippen LogP contribution >= 0.6 is 0 Å². The lowest BCUT2D eigenvalue weighted by molar-refractivity contribution is 0.280. The lowest BCUT2D eigenvalue weighted by Gasteiger charge is -2.34. The first kappa shape index (κ1) is 14.3. The maximum atomic E-state index is 13.9. The Balaban J connectivity index is 2.22. The molecule has 1 aromatic rings. The monoisotopic (exact) mass is 268 g/mol. The standard InChI is InChI=1S/C15H22F2N2/c1-15(2,3)14-10-19(8-4-7-18-14)13-6-5-11(16)9-12(13)17/h5-6,9,14,18H,4,7-8,10H2,1-3H3. The van der Waals surface area contributed by atoms with Gasteiger partial charge in [-0.1, -0.05) is 20.8 Å². The third kappa shape index (κ3) is 3.44. The van der Waals surface area contributed by atoms with Gasteiger partial charge in [0, 0.05) is 25.2 Å². The van der Waals surface area contributed by atoms with E-state index in [2.05, 4.69) is 26.1 Å². The highest BCUT2D eigenvalue weighted by Crippen LogP contribution is 2.26. The molecule has 1 unspecified atom stereocenters. The number of anilines is 1. The summed E-state index contributed by atoms with van der Waals surface area (Å²) in [6, 6.07) is 4.11. The predicted molar refractivity (Wildman–Crippen MR) is 74.4 cm³/mol. The van der Waals surface area contributed by atoms with Crippen LogP contribution in [0, 0.1) is 17.0 Å². The van der Waals surface area contributed by atoms with Crippen LogP contribution in [0.1, 0.15) is 27.2 Å². The normalized spacial score (nSPS) is 21.3. The van der Waals surface area contributed by atoms with Gasteiger partial charge in [-0.15, -0.1) is 0 Å². The molecule has 106 valence electrons. The fraction of sp³-hybridized carbons (Fsp3) is 0.600. The quantitative estimate of drug-likeness (QED) is 0.841. The van der Waals surface area contributed by atoms with Crippen LogP contribution in [0.4, 0.5) is 14.5 Å². The molecule has 1 aliphatic rings. The van der Waals surface area contributed by atoms with E-state index in [0.717, 1.165) is 32.1 Å². The number of nitrogens with zero attached hydrogens (tertiary/aromatic N) is 1. The van der Waals surface area contributed by atoms with Crippen molar-refractivity contribution in [2.45, 2.75) is 33.2 Å². The van der Waals surface area contributed by atoms with Crippen molar-refractivity contribution < 1.29 is 8.78 Å². The van der Waals surface area contributed by atoms with Crippen LogP contribution < -0.4 is 10.2 Å². The molecule has 0 saturated carbocycles. The number of hydrogen-bond acceptors (Lipinski definition) is 2. The van der Waals surface area contributed by atoms with Crippen molar-refractivity contribution in [2.24, 2.45) is 5.41 Å². The summed E-state index contributed by atoms with van der Waals surface area (Å²) in [5.41, 5.74) is 0.610. The Hall–Kier alpha value is -1.16. The molecule has 0 radical (unpaired) electrons. The zero-order valence-electron chi connectivity index (χ0n) is 11.8. The maximum absolute atomic E-state index is 13.9. The summed E-state index contributed by atoms with van der Waals surface area (Å²) in [4.78, 5) is 2.02. The van der Waals surface area contributed by atoms with Gasteiger partial charge in [-0.05, 0) is 30.5 Å². The van der Waals surface area contributed by atoms with Crippen molar-refractivity contribution in [1.29, 1.82) is 0 Å². The summed E-state index contributed by atoms with van der Waals surface area (Å²) >= 11 is 0. The zero-order chi connectivity index (χ0) is 14.0. The maximum Gasteiger partial charge on any atom is 0.149 e. The van der Waals surface area contributed by atoms with E-state index in [9.17, 15) is 8.78 Å². The highest BCUT2D eigenvalue weighted by Gasteiger charge is 2.28. The first-order valence-electron chi connectivity index (χ1n) is 6.81. The number of benzene rings is 1. The van der Waals surface area contributed by atoms with E-state index in [1.54, 1.807) is 0 Å². The minimum atomic E-state index is -0.526. The average molecular weight is 268 g/mol. The number of nitrogens with one attached hydrogen (secondary N) is 1. The van der Waals surface area contributed by atoms with Crippen molar-refractivity contribution in [1.82, 2.24) is 5.32 Å². The van der Waals surface area contributed by atoms with E-state index in [0.29, 0.717) is 11.7 Å². The summed E-state index contributed by atoms with van der Waals surface area (Å²) in [5, 5.41) is 3.51. The van der Waals surface area contributed by atoms with Crippen molar-refractivity contribution in [3.8, 4) is 0 Å². The molecule has 1 atom stereocenters. The minimum absolute atomic E-state index is 0.110. The van der Waals surface area contributed by atoms with Gasteiger partial charge in [0.1, 0.15) is 11.6 Å². The van der Waals surface area contributed by atoms with Crippen LogP contribution in [0.3, 0.4) is 0 Å². The predicted octanol–water partition coefficient (Wildman–Crippen LogP) is 3.18. The Morgan fingerprint density at radius 3 is 2.63 bits per heavy atom. The SMILES string of the molecule is CC(C)(C)C1CN(c2ccc(F)cc2F)CCCN1. The molecule has 2 nitrogen and oxygen atoms in total. The molecule has 0 spiro atoms. The van der Waals surface area contributed by atoms with Crippen LogP contribution in [0.25, 0.3) is 0 Å². The van der Waals surface area contributed by atoms with Crippen LogP contribution in [-0.4, -0.2) is 25.7 Å². The van der Waals surface area contributed by atoms with Gasteiger partial charge in [0.25, 0.3) is 0 Å². The first-order valence-corrected chi connectivity index (χ1v) is 6.81. The van der Waals surface area contributed by atoms with Gasteiger partial charge in [-0.2, -0.15) is 0 Å². The second-order valence-electron chi connectivity index (χ2n) is 6.27. The van der Waals surface area contributed by atoms with E-state index >= 15 is 0 Å². The molecule has 1 aromatic carbocycles. The van der Waals surface area contributed by atoms with Crippen LogP contribution in [-0.2, 0) is 0 Å². The average Bonchev–Trinajstić information content (AvgIpc) is 2.54. The first-order chi connectivity index (χ1) is 8.88. The number of halogens is 2. The smallest absolute Gasteiger partial charge is 0.149 e. The second kappa shape index (κ2) is 5.45. The van der Waals surface area contributed by atoms with Gasteiger partial charge in [-0.25, -0.2) is 8.78 Å². The number of rotatable bonds is 1. The molecule has 4 heteroatoms. The van der Waals surface area contributed by atoms with Gasteiger partial charge < -0.3 is 10.2 Å². The summed E-state index contributed by atoms with van der Waals surface area (Å²) in [7, 11) is 0. The van der Waals surface area contributed by atoms with E-state index in [-0.39, 0.29) is 5.41 Å². The Labute approximate surface area is 113 Å². The number of hydrogen-bond donors (Lipinski definition) is 1. The fourth-order valence-corrected chi connectivity index (χ4v) is 2.46. The highest BCUT2D eigenvalue weighted by atomic mass is 19.1. The van der Waals surface area contributed by atoms with Crippen LogP contribution in [0.15, 0.2) is 18.2 Å². The van der Waals surface area contributed by atoms with Gasteiger partial charge >= 0.3 is 0 Å². The molecule has 0 amide bonds. The van der Waals surface area contributed by atoms with E-state index in [1.165, 1.54) is 12.1 Å². The van der Waals surface area contributed by atoms with E-state index in [4.69, 9.17) is 0 Å². The van der Waals surface area contributed by atoms with Gasteiger partial charge in [-0.3, -0.25) is 0 Å².